The van der Waals surface area contributed by atoms with Crippen molar-refractivity contribution in [2.45, 2.75) is 19.4 Å². The number of amides is 1. The van der Waals surface area contributed by atoms with E-state index in [2.05, 4.69) is 5.32 Å². The van der Waals surface area contributed by atoms with Crippen LogP contribution in [0.25, 0.3) is 10.4 Å². The van der Waals surface area contributed by atoms with Crippen molar-refractivity contribution in [3.8, 4) is 21.9 Å². The minimum atomic E-state index is -0.425. The van der Waals surface area contributed by atoms with Crippen molar-refractivity contribution >= 4 is 17.2 Å². The number of benzene rings is 1. The van der Waals surface area contributed by atoms with Gasteiger partial charge >= 0.3 is 0 Å². The molecule has 0 saturated carbocycles. The van der Waals surface area contributed by atoms with Crippen molar-refractivity contribution in [1.29, 1.82) is 0 Å². The molecule has 2 aromatic rings. The van der Waals surface area contributed by atoms with Crippen molar-refractivity contribution in [1.82, 2.24) is 5.32 Å². The molecule has 0 saturated heterocycles. The van der Waals surface area contributed by atoms with Crippen LogP contribution in [0.5, 0.6) is 11.5 Å². The number of carbonyl (C=O) groups excluding carboxylic acids is 1. The molecule has 1 aromatic carbocycles. The molecule has 0 spiro atoms. The van der Waals surface area contributed by atoms with Gasteiger partial charge in [-0.15, -0.1) is 11.3 Å². The van der Waals surface area contributed by atoms with Gasteiger partial charge in [0.15, 0.2) is 11.5 Å². The van der Waals surface area contributed by atoms with Gasteiger partial charge in [0.25, 0.3) is 5.91 Å². The molecule has 0 unspecified atom stereocenters. The molecule has 1 aromatic heterocycles. The van der Waals surface area contributed by atoms with E-state index in [1.165, 1.54) is 11.3 Å². The van der Waals surface area contributed by atoms with Crippen LogP contribution >= 0.6 is 11.3 Å². The molecule has 1 aliphatic heterocycles. The van der Waals surface area contributed by atoms with E-state index < -0.39 is 5.54 Å². The third-order valence-corrected chi connectivity index (χ3v) is 4.49. The van der Waals surface area contributed by atoms with Crippen LogP contribution in [-0.2, 0) is 0 Å². The fraction of sp³-hybridized carbons (Fsp3) is 0.353. The number of ether oxygens (including phenoxy) is 2. The summed E-state index contributed by atoms with van der Waals surface area (Å²) in [6, 6.07) is 9.60. The zero-order chi connectivity index (χ0) is 16.4. The van der Waals surface area contributed by atoms with Crippen molar-refractivity contribution in [2.75, 3.05) is 19.8 Å². The lowest BCUT2D eigenvalue weighted by molar-refractivity contribution is 0.0950. The highest BCUT2D eigenvalue weighted by molar-refractivity contribution is 7.17. The first-order chi connectivity index (χ1) is 10.9. The van der Waals surface area contributed by atoms with Crippen LogP contribution in [0.3, 0.4) is 0 Å². The van der Waals surface area contributed by atoms with E-state index in [0.29, 0.717) is 24.6 Å². The molecule has 0 fully saturated rings. The third-order valence-electron chi connectivity index (χ3n) is 3.36. The van der Waals surface area contributed by atoms with Gasteiger partial charge in [0.1, 0.15) is 13.2 Å². The molecule has 1 amide bonds. The predicted octanol–water partition coefficient (Wildman–Crippen LogP) is 2.65. The fourth-order valence-corrected chi connectivity index (χ4v) is 3.13. The van der Waals surface area contributed by atoms with E-state index in [1.54, 1.807) is 0 Å². The molecule has 0 aliphatic carbocycles. The van der Waals surface area contributed by atoms with Crippen molar-refractivity contribution in [3.63, 3.8) is 0 Å². The van der Waals surface area contributed by atoms with E-state index in [-0.39, 0.29) is 5.91 Å². The Morgan fingerprint density at radius 1 is 1.22 bits per heavy atom. The maximum atomic E-state index is 12.2. The van der Waals surface area contributed by atoms with Crippen LogP contribution in [0.2, 0.25) is 0 Å². The van der Waals surface area contributed by atoms with Gasteiger partial charge in [-0.1, -0.05) is 0 Å². The second-order valence-electron chi connectivity index (χ2n) is 6.19. The van der Waals surface area contributed by atoms with Crippen molar-refractivity contribution in [2.24, 2.45) is 5.73 Å². The van der Waals surface area contributed by atoms with Crippen LogP contribution in [-0.4, -0.2) is 31.2 Å². The summed E-state index contributed by atoms with van der Waals surface area (Å²) < 4.78 is 11.1. The second-order valence-corrected chi connectivity index (χ2v) is 7.28. The number of carbonyl (C=O) groups is 1. The molecule has 23 heavy (non-hydrogen) atoms. The highest BCUT2D eigenvalue weighted by atomic mass is 32.1. The molecule has 0 radical (unpaired) electrons. The van der Waals surface area contributed by atoms with Crippen LogP contribution in [0.15, 0.2) is 30.3 Å². The van der Waals surface area contributed by atoms with Gasteiger partial charge in [0.05, 0.1) is 4.88 Å². The minimum absolute atomic E-state index is 0.0997. The van der Waals surface area contributed by atoms with Gasteiger partial charge < -0.3 is 20.5 Å². The summed E-state index contributed by atoms with van der Waals surface area (Å²) in [5.41, 5.74) is 6.47. The summed E-state index contributed by atoms with van der Waals surface area (Å²) in [5.74, 6) is 1.41. The Morgan fingerprint density at radius 2 is 1.96 bits per heavy atom. The zero-order valence-electron chi connectivity index (χ0n) is 13.2. The van der Waals surface area contributed by atoms with Gasteiger partial charge in [-0.25, -0.2) is 0 Å². The van der Waals surface area contributed by atoms with E-state index in [0.717, 1.165) is 21.9 Å². The Labute approximate surface area is 139 Å². The topological polar surface area (TPSA) is 73.6 Å². The molecular weight excluding hydrogens is 312 g/mol. The summed E-state index contributed by atoms with van der Waals surface area (Å²) in [7, 11) is 0. The monoisotopic (exact) mass is 332 g/mol. The minimum Gasteiger partial charge on any atom is -0.486 e. The van der Waals surface area contributed by atoms with Crippen LogP contribution < -0.4 is 20.5 Å². The maximum Gasteiger partial charge on any atom is 0.261 e. The Hall–Kier alpha value is -2.05. The van der Waals surface area contributed by atoms with E-state index in [4.69, 9.17) is 15.2 Å². The first-order valence-electron chi connectivity index (χ1n) is 7.49. The number of rotatable bonds is 4. The van der Waals surface area contributed by atoms with Crippen molar-refractivity contribution in [3.05, 3.63) is 35.2 Å². The summed E-state index contributed by atoms with van der Waals surface area (Å²) in [4.78, 5) is 13.8. The SMILES string of the molecule is CC(C)(N)CNC(=O)c1ccc(-c2ccc3c(c2)OCCO3)s1. The molecular formula is C17H20N2O3S. The molecule has 5 nitrogen and oxygen atoms in total. The van der Waals surface area contributed by atoms with Crippen LogP contribution in [0, 0.1) is 0 Å². The quantitative estimate of drug-likeness (QED) is 0.903. The highest BCUT2D eigenvalue weighted by Gasteiger charge is 2.17. The number of fused-ring (bicyclic) bond motifs is 1. The first-order valence-corrected chi connectivity index (χ1v) is 8.31. The van der Waals surface area contributed by atoms with Crippen LogP contribution in [0.1, 0.15) is 23.5 Å². The average molecular weight is 332 g/mol. The lowest BCUT2D eigenvalue weighted by atomic mass is 10.1. The number of hydrogen-bond donors (Lipinski definition) is 2. The Balaban J connectivity index is 1.75. The molecule has 0 bridgehead atoms. The molecule has 1 aliphatic rings. The molecule has 3 rings (SSSR count). The number of nitrogens with two attached hydrogens (primary N) is 1. The zero-order valence-corrected chi connectivity index (χ0v) is 14.0. The normalized spacial score (nSPS) is 13.7. The van der Waals surface area contributed by atoms with Gasteiger partial charge in [-0.3, -0.25) is 4.79 Å². The summed E-state index contributed by atoms with van der Waals surface area (Å²) in [6.07, 6.45) is 0. The smallest absolute Gasteiger partial charge is 0.261 e. The van der Waals surface area contributed by atoms with Gasteiger partial charge in [-0.2, -0.15) is 0 Å². The standard InChI is InChI=1S/C17H20N2O3S/c1-17(2,18)10-19-16(20)15-6-5-14(23-15)11-3-4-12-13(9-11)22-8-7-21-12/h3-6,9H,7-8,10,18H2,1-2H3,(H,19,20). The highest BCUT2D eigenvalue weighted by Crippen LogP contribution is 2.36. The lowest BCUT2D eigenvalue weighted by Crippen LogP contribution is -2.44. The Bertz CT molecular complexity index is 719. The number of nitrogens with one attached hydrogen (secondary N) is 1. The number of hydrogen-bond acceptors (Lipinski definition) is 5. The molecule has 6 heteroatoms. The largest absolute Gasteiger partial charge is 0.486 e. The first kappa shape index (κ1) is 15.8. The van der Waals surface area contributed by atoms with Crippen molar-refractivity contribution < 1.29 is 14.3 Å². The summed E-state index contributed by atoms with van der Waals surface area (Å²) >= 11 is 1.45. The van der Waals surface area contributed by atoms with Gasteiger partial charge in [0.2, 0.25) is 0 Å². The maximum absolute atomic E-state index is 12.2. The van der Waals surface area contributed by atoms with Gasteiger partial charge in [-0.05, 0) is 49.7 Å². The molecule has 2 heterocycles. The molecule has 3 N–H and O–H groups in total. The Kier molecular flexibility index (Phi) is 4.28. The molecule has 0 atom stereocenters. The van der Waals surface area contributed by atoms with Gasteiger partial charge in [0, 0.05) is 17.0 Å². The van der Waals surface area contributed by atoms with E-state index in [1.807, 2.05) is 44.2 Å². The summed E-state index contributed by atoms with van der Waals surface area (Å²) in [5, 5.41) is 2.86. The summed E-state index contributed by atoms with van der Waals surface area (Å²) in [6.45, 7) is 5.32. The average Bonchev–Trinajstić information content (AvgIpc) is 3.01. The van der Waals surface area contributed by atoms with E-state index >= 15 is 0 Å². The second kappa shape index (κ2) is 6.22. The fourth-order valence-electron chi connectivity index (χ4n) is 2.21. The predicted molar refractivity (Wildman–Crippen MR) is 91.3 cm³/mol. The van der Waals surface area contributed by atoms with E-state index in [9.17, 15) is 4.79 Å². The molecule has 122 valence electrons. The lowest BCUT2D eigenvalue weighted by Gasteiger charge is -2.18. The third kappa shape index (κ3) is 3.83. The van der Waals surface area contributed by atoms with Crippen LogP contribution in [0.4, 0.5) is 0 Å². The Morgan fingerprint density at radius 3 is 2.70 bits per heavy atom. The number of thiophene rings is 1.